The summed E-state index contributed by atoms with van der Waals surface area (Å²) in [6.07, 6.45) is 0.877. The average Bonchev–Trinajstić information content (AvgIpc) is 2.37. The first kappa shape index (κ1) is 15.3. The molecule has 0 aliphatic rings. The summed E-state index contributed by atoms with van der Waals surface area (Å²) in [6, 6.07) is 4.86. The van der Waals surface area contributed by atoms with E-state index in [4.69, 9.17) is 5.73 Å². The van der Waals surface area contributed by atoms with Crippen LogP contribution in [0.25, 0.3) is 0 Å². The molecule has 106 valence electrons. The summed E-state index contributed by atoms with van der Waals surface area (Å²) in [6.45, 7) is 4.11. The van der Waals surface area contributed by atoms with Crippen molar-refractivity contribution in [3.8, 4) is 5.75 Å². The Bertz CT molecular complexity index is 433. The molecule has 0 radical (unpaired) electrons. The SMILES string of the molecule is CCCN(CCN(C)C)C(=O)c1cccc(N)c1O. The number of likely N-dealkylation sites (N-methyl/N-ethyl adjacent to an activating group) is 1. The number of nitrogens with zero attached hydrogens (tertiary/aromatic N) is 2. The Kier molecular flexibility index (Phi) is 5.63. The Labute approximate surface area is 114 Å². The van der Waals surface area contributed by atoms with E-state index in [1.165, 1.54) is 0 Å². The number of aromatic hydroxyl groups is 1. The highest BCUT2D eigenvalue weighted by Crippen LogP contribution is 2.25. The van der Waals surface area contributed by atoms with Crippen molar-refractivity contribution in [2.45, 2.75) is 13.3 Å². The minimum atomic E-state index is -0.173. The van der Waals surface area contributed by atoms with Crippen molar-refractivity contribution in [2.75, 3.05) is 39.5 Å². The molecule has 0 unspecified atom stereocenters. The number of para-hydroxylation sites is 1. The Balaban J connectivity index is 2.89. The molecule has 1 amide bonds. The van der Waals surface area contributed by atoms with Gasteiger partial charge in [0, 0.05) is 19.6 Å². The number of amides is 1. The van der Waals surface area contributed by atoms with Crippen LogP contribution < -0.4 is 5.73 Å². The lowest BCUT2D eigenvalue weighted by atomic mass is 10.1. The lowest BCUT2D eigenvalue weighted by Crippen LogP contribution is -2.37. The smallest absolute Gasteiger partial charge is 0.257 e. The fourth-order valence-electron chi connectivity index (χ4n) is 1.81. The van der Waals surface area contributed by atoms with E-state index in [1.54, 1.807) is 23.1 Å². The third kappa shape index (κ3) is 4.13. The van der Waals surface area contributed by atoms with Gasteiger partial charge in [0.05, 0.1) is 11.3 Å². The highest BCUT2D eigenvalue weighted by molar-refractivity contribution is 5.98. The van der Waals surface area contributed by atoms with Crippen molar-refractivity contribution < 1.29 is 9.90 Å². The number of benzene rings is 1. The molecule has 0 spiro atoms. The summed E-state index contributed by atoms with van der Waals surface area (Å²) in [5.41, 5.74) is 6.13. The molecule has 0 aromatic heterocycles. The maximum atomic E-state index is 12.4. The first-order valence-corrected chi connectivity index (χ1v) is 6.48. The molecule has 0 atom stereocenters. The molecule has 1 aromatic carbocycles. The van der Waals surface area contributed by atoms with Gasteiger partial charge in [0.15, 0.2) is 5.75 Å². The Morgan fingerprint density at radius 3 is 2.53 bits per heavy atom. The standard InChI is InChI=1S/C14H23N3O2/c1-4-8-17(10-9-16(2)3)14(19)11-6-5-7-12(15)13(11)18/h5-7,18H,4,8-10,15H2,1-3H3. The molecular weight excluding hydrogens is 242 g/mol. The first-order chi connectivity index (χ1) is 8.97. The van der Waals surface area contributed by atoms with Crippen LogP contribution in [0, 0.1) is 0 Å². The molecule has 0 aliphatic heterocycles. The highest BCUT2D eigenvalue weighted by Gasteiger charge is 2.19. The zero-order valence-corrected chi connectivity index (χ0v) is 11.9. The van der Waals surface area contributed by atoms with Crippen molar-refractivity contribution in [1.82, 2.24) is 9.80 Å². The van der Waals surface area contributed by atoms with E-state index >= 15 is 0 Å². The van der Waals surface area contributed by atoms with Crippen LogP contribution >= 0.6 is 0 Å². The van der Waals surface area contributed by atoms with E-state index in [1.807, 2.05) is 25.9 Å². The van der Waals surface area contributed by atoms with E-state index in [9.17, 15) is 9.90 Å². The molecule has 5 nitrogen and oxygen atoms in total. The Morgan fingerprint density at radius 1 is 1.26 bits per heavy atom. The average molecular weight is 265 g/mol. The van der Waals surface area contributed by atoms with Gasteiger partial charge in [0.1, 0.15) is 0 Å². The summed E-state index contributed by atoms with van der Waals surface area (Å²) in [7, 11) is 3.93. The van der Waals surface area contributed by atoms with Gasteiger partial charge in [-0.15, -0.1) is 0 Å². The van der Waals surface area contributed by atoms with Gasteiger partial charge in [-0.25, -0.2) is 0 Å². The molecule has 0 aliphatic carbocycles. The predicted molar refractivity (Wildman–Crippen MR) is 77.3 cm³/mol. The van der Waals surface area contributed by atoms with Gasteiger partial charge in [0.25, 0.3) is 5.91 Å². The Morgan fingerprint density at radius 2 is 1.95 bits per heavy atom. The molecule has 19 heavy (non-hydrogen) atoms. The van der Waals surface area contributed by atoms with E-state index in [-0.39, 0.29) is 22.9 Å². The summed E-state index contributed by atoms with van der Waals surface area (Å²) < 4.78 is 0. The van der Waals surface area contributed by atoms with Gasteiger partial charge in [-0.3, -0.25) is 4.79 Å². The van der Waals surface area contributed by atoms with Crippen LogP contribution in [0.2, 0.25) is 0 Å². The number of carbonyl (C=O) groups excluding carboxylic acids is 1. The van der Waals surface area contributed by atoms with Crippen LogP contribution in [0.5, 0.6) is 5.75 Å². The van der Waals surface area contributed by atoms with E-state index < -0.39 is 0 Å². The number of hydrogen-bond donors (Lipinski definition) is 2. The number of nitrogens with two attached hydrogens (primary N) is 1. The normalized spacial score (nSPS) is 10.7. The number of phenols is 1. The predicted octanol–water partition coefficient (Wildman–Crippen LogP) is 1.39. The molecule has 5 heteroatoms. The number of nitrogen functional groups attached to an aromatic ring is 1. The summed E-state index contributed by atoms with van der Waals surface area (Å²) in [5.74, 6) is -0.299. The van der Waals surface area contributed by atoms with Crippen molar-refractivity contribution in [2.24, 2.45) is 0 Å². The first-order valence-electron chi connectivity index (χ1n) is 6.48. The van der Waals surface area contributed by atoms with Crippen molar-refractivity contribution in [3.05, 3.63) is 23.8 Å². The number of carbonyl (C=O) groups is 1. The Hall–Kier alpha value is -1.75. The van der Waals surface area contributed by atoms with Crippen LogP contribution in [-0.2, 0) is 0 Å². The molecule has 0 bridgehead atoms. The number of hydrogen-bond acceptors (Lipinski definition) is 4. The van der Waals surface area contributed by atoms with Gasteiger partial charge < -0.3 is 20.6 Å². The number of anilines is 1. The fourth-order valence-corrected chi connectivity index (χ4v) is 1.81. The maximum Gasteiger partial charge on any atom is 0.257 e. The van der Waals surface area contributed by atoms with Gasteiger partial charge in [-0.1, -0.05) is 13.0 Å². The summed E-state index contributed by atoms with van der Waals surface area (Å²) >= 11 is 0. The lowest BCUT2D eigenvalue weighted by Gasteiger charge is -2.24. The number of rotatable bonds is 6. The van der Waals surface area contributed by atoms with E-state index in [0.29, 0.717) is 13.1 Å². The molecule has 0 heterocycles. The largest absolute Gasteiger partial charge is 0.505 e. The molecule has 0 saturated heterocycles. The van der Waals surface area contributed by atoms with Crippen molar-refractivity contribution >= 4 is 11.6 Å². The van der Waals surface area contributed by atoms with Crippen LogP contribution in [-0.4, -0.2) is 54.5 Å². The van der Waals surface area contributed by atoms with Gasteiger partial charge in [0.2, 0.25) is 0 Å². The van der Waals surface area contributed by atoms with Crippen LogP contribution in [0.1, 0.15) is 23.7 Å². The zero-order valence-electron chi connectivity index (χ0n) is 11.9. The molecule has 0 fully saturated rings. The molecule has 1 aromatic rings. The second-order valence-electron chi connectivity index (χ2n) is 4.84. The second-order valence-corrected chi connectivity index (χ2v) is 4.84. The topological polar surface area (TPSA) is 69.8 Å². The zero-order chi connectivity index (χ0) is 14.4. The van der Waals surface area contributed by atoms with Crippen LogP contribution in [0.3, 0.4) is 0 Å². The van der Waals surface area contributed by atoms with Crippen molar-refractivity contribution in [3.63, 3.8) is 0 Å². The lowest BCUT2D eigenvalue weighted by molar-refractivity contribution is 0.0742. The minimum Gasteiger partial charge on any atom is -0.505 e. The summed E-state index contributed by atoms with van der Waals surface area (Å²) in [4.78, 5) is 16.2. The monoisotopic (exact) mass is 265 g/mol. The number of phenolic OH excluding ortho intramolecular Hbond substituents is 1. The molecule has 3 N–H and O–H groups in total. The molecular formula is C14H23N3O2. The third-order valence-corrected chi connectivity index (χ3v) is 2.90. The molecule has 0 saturated carbocycles. The summed E-state index contributed by atoms with van der Waals surface area (Å²) in [5, 5.41) is 9.88. The minimum absolute atomic E-state index is 0.126. The fraction of sp³-hybridized carbons (Fsp3) is 0.500. The van der Waals surface area contributed by atoms with Gasteiger partial charge in [-0.2, -0.15) is 0 Å². The molecule has 1 rings (SSSR count). The van der Waals surface area contributed by atoms with E-state index in [2.05, 4.69) is 0 Å². The van der Waals surface area contributed by atoms with Crippen molar-refractivity contribution in [1.29, 1.82) is 0 Å². The maximum absolute atomic E-state index is 12.4. The van der Waals surface area contributed by atoms with Gasteiger partial charge >= 0.3 is 0 Å². The van der Waals surface area contributed by atoms with Gasteiger partial charge in [-0.05, 0) is 32.6 Å². The highest BCUT2D eigenvalue weighted by atomic mass is 16.3. The second kappa shape index (κ2) is 6.99. The quantitative estimate of drug-likeness (QED) is 0.602. The van der Waals surface area contributed by atoms with Crippen LogP contribution in [0.4, 0.5) is 5.69 Å². The van der Waals surface area contributed by atoms with E-state index in [0.717, 1.165) is 13.0 Å². The van der Waals surface area contributed by atoms with Crippen LogP contribution in [0.15, 0.2) is 18.2 Å². The third-order valence-electron chi connectivity index (χ3n) is 2.90.